The maximum atomic E-state index is 13.5. The first-order chi connectivity index (χ1) is 17.9. The lowest BCUT2D eigenvalue weighted by atomic mass is 9.87. The van der Waals surface area contributed by atoms with Crippen LogP contribution in [0.4, 0.5) is 5.69 Å². The number of methoxy groups -OCH3 is 1. The quantitative estimate of drug-likeness (QED) is 0.225. The molecule has 1 aliphatic heterocycles. The van der Waals surface area contributed by atoms with Gasteiger partial charge in [0.2, 0.25) is 0 Å². The number of benzene rings is 3. The second kappa shape index (κ2) is 10.4. The highest BCUT2D eigenvalue weighted by Gasteiger charge is 2.47. The fraction of sp³-hybridized carbons (Fsp3) is 0.312. The highest BCUT2D eigenvalue weighted by Crippen LogP contribution is 2.44. The number of hydrogen-bond donors (Lipinski definition) is 1. The number of ether oxygens (including phenoxy) is 2. The van der Waals surface area contributed by atoms with Gasteiger partial charge in [0.05, 0.1) is 30.4 Å². The average Bonchev–Trinajstić information content (AvgIpc) is 3.13. The first kappa shape index (κ1) is 27.0. The zero-order chi connectivity index (χ0) is 27.8. The molecule has 198 valence electrons. The second-order valence-electron chi connectivity index (χ2n) is 10.9. The van der Waals surface area contributed by atoms with E-state index in [1.54, 1.807) is 12.1 Å². The molecule has 3 aromatic carbocycles. The van der Waals surface area contributed by atoms with Gasteiger partial charge >= 0.3 is 0 Å². The Hall–Kier alpha value is -4.06. The predicted molar refractivity (Wildman–Crippen MR) is 150 cm³/mol. The number of nitrogens with zero attached hydrogens (tertiary/aromatic N) is 1. The third kappa shape index (κ3) is 5.17. The minimum atomic E-state index is -0.839. The summed E-state index contributed by atoms with van der Waals surface area (Å²) in [5, 5.41) is 11.5. The molecule has 1 fully saturated rings. The van der Waals surface area contributed by atoms with Crippen LogP contribution in [0.15, 0.2) is 72.3 Å². The Morgan fingerprint density at radius 3 is 2.13 bits per heavy atom. The first-order valence-corrected chi connectivity index (χ1v) is 12.8. The van der Waals surface area contributed by atoms with E-state index in [1.807, 2.05) is 75.4 Å². The zero-order valence-corrected chi connectivity index (χ0v) is 23.0. The normalized spacial score (nSPS) is 17.3. The van der Waals surface area contributed by atoms with Crippen molar-refractivity contribution in [2.45, 2.75) is 59.1 Å². The van der Waals surface area contributed by atoms with Crippen LogP contribution >= 0.6 is 0 Å². The van der Waals surface area contributed by atoms with Gasteiger partial charge in [-0.1, -0.05) is 56.7 Å². The van der Waals surface area contributed by atoms with E-state index in [1.165, 1.54) is 12.0 Å². The largest absolute Gasteiger partial charge is 0.507 e. The van der Waals surface area contributed by atoms with Gasteiger partial charge in [-0.15, -0.1) is 0 Å². The molecule has 3 aromatic rings. The highest BCUT2D eigenvalue weighted by atomic mass is 16.5. The number of carbonyl (C=O) groups excluding carboxylic acids is 2. The molecule has 0 saturated carbocycles. The lowest BCUT2D eigenvalue weighted by molar-refractivity contribution is -0.132. The van der Waals surface area contributed by atoms with Crippen molar-refractivity contribution >= 4 is 23.1 Å². The van der Waals surface area contributed by atoms with Crippen LogP contribution in [0.25, 0.3) is 5.76 Å². The summed E-state index contributed by atoms with van der Waals surface area (Å²) >= 11 is 0. The van der Waals surface area contributed by atoms with Crippen LogP contribution < -0.4 is 14.4 Å². The van der Waals surface area contributed by atoms with Gasteiger partial charge in [0.1, 0.15) is 17.3 Å². The molecule has 6 nitrogen and oxygen atoms in total. The molecule has 4 rings (SSSR count). The number of aliphatic hydroxyl groups excluding tert-OH is 1. The van der Waals surface area contributed by atoms with Crippen molar-refractivity contribution in [3.63, 3.8) is 0 Å². The molecule has 38 heavy (non-hydrogen) atoms. The lowest BCUT2D eigenvalue weighted by Crippen LogP contribution is -2.29. The fourth-order valence-corrected chi connectivity index (χ4v) is 4.69. The summed E-state index contributed by atoms with van der Waals surface area (Å²) in [4.78, 5) is 28.5. The summed E-state index contributed by atoms with van der Waals surface area (Å²) in [5.74, 6) is -0.637. The molecule has 1 saturated heterocycles. The van der Waals surface area contributed by atoms with Gasteiger partial charge in [-0.25, -0.2) is 0 Å². The molecule has 1 heterocycles. The number of rotatable bonds is 6. The van der Waals surface area contributed by atoms with E-state index in [0.29, 0.717) is 28.3 Å². The third-order valence-corrected chi connectivity index (χ3v) is 6.63. The summed E-state index contributed by atoms with van der Waals surface area (Å²) in [6.45, 7) is 12.1. The Morgan fingerprint density at radius 2 is 1.58 bits per heavy atom. The number of ketones is 1. The third-order valence-electron chi connectivity index (χ3n) is 6.63. The number of amides is 1. The Labute approximate surface area is 224 Å². The smallest absolute Gasteiger partial charge is 0.300 e. The van der Waals surface area contributed by atoms with Crippen molar-refractivity contribution in [2.24, 2.45) is 0 Å². The minimum Gasteiger partial charge on any atom is -0.507 e. The standard InChI is InChI=1S/C32H35NO5/c1-19(2)38-24-15-9-21(10-16-24)28-27(29(34)25-18-20(3)8-17-26(25)37-7)30(35)31(36)33(28)23-13-11-22(12-14-23)32(4,5)6/h8-19,28,34H,1-7H3/b29-27+. The molecular weight excluding hydrogens is 478 g/mol. The Kier molecular flexibility index (Phi) is 7.36. The van der Waals surface area contributed by atoms with Crippen LogP contribution in [-0.4, -0.2) is 30.0 Å². The maximum absolute atomic E-state index is 13.5. The molecule has 0 aromatic heterocycles. The molecule has 1 atom stereocenters. The monoisotopic (exact) mass is 513 g/mol. The minimum absolute atomic E-state index is 0.00148. The molecule has 0 aliphatic carbocycles. The number of anilines is 1. The molecule has 1 amide bonds. The Balaban J connectivity index is 1.92. The van der Waals surface area contributed by atoms with Crippen molar-refractivity contribution in [2.75, 3.05) is 12.0 Å². The van der Waals surface area contributed by atoms with E-state index >= 15 is 0 Å². The topological polar surface area (TPSA) is 76.1 Å². The number of hydrogen-bond acceptors (Lipinski definition) is 5. The SMILES string of the molecule is COc1ccc(C)cc1/C(O)=C1\C(=O)C(=O)N(c2ccc(C(C)(C)C)cc2)C1c1ccc(OC(C)C)cc1. The van der Waals surface area contributed by atoms with Crippen molar-refractivity contribution in [1.82, 2.24) is 0 Å². The molecule has 6 heteroatoms. The lowest BCUT2D eigenvalue weighted by Gasteiger charge is -2.27. The van der Waals surface area contributed by atoms with Crippen LogP contribution in [-0.2, 0) is 15.0 Å². The van der Waals surface area contributed by atoms with Crippen molar-refractivity contribution < 1.29 is 24.2 Å². The molecule has 1 unspecified atom stereocenters. The summed E-state index contributed by atoms with van der Waals surface area (Å²) in [6, 6.07) is 19.4. The van der Waals surface area contributed by atoms with E-state index in [0.717, 1.165) is 11.1 Å². The van der Waals surface area contributed by atoms with E-state index < -0.39 is 17.7 Å². The van der Waals surface area contributed by atoms with Crippen molar-refractivity contribution in [3.05, 3.63) is 94.6 Å². The molecule has 1 aliphatic rings. The zero-order valence-electron chi connectivity index (χ0n) is 23.0. The summed E-state index contributed by atoms with van der Waals surface area (Å²) < 4.78 is 11.3. The molecule has 0 radical (unpaired) electrons. The van der Waals surface area contributed by atoms with E-state index in [2.05, 4.69) is 20.8 Å². The summed E-state index contributed by atoms with van der Waals surface area (Å²) in [7, 11) is 1.50. The second-order valence-corrected chi connectivity index (χ2v) is 10.9. The Morgan fingerprint density at radius 1 is 0.947 bits per heavy atom. The van der Waals surface area contributed by atoms with Crippen molar-refractivity contribution in [3.8, 4) is 11.5 Å². The molecule has 0 bridgehead atoms. The number of carbonyl (C=O) groups is 2. The van der Waals surface area contributed by atoms with Gasteiger partial charge in [-0.3, -0.25) is 14.5 Å². The van der Waals surface area contributed by atoms with Crippen LogP contribution in [0.2, 0.25) is 0 Å². The van der Waals surface area contributed by atoms with Crippen LogP contribution in [0.3, 0.4) is 0 Å². The van der Waals surface area contributed by atoms with E-state index in [-0.39, 0.29) is 22.9 Å². The summed E-state index contributed by atoms with van der Waals surface area (Å²) in [6.07, 6.45) is 0.00148. The van der Waals surface area contributed by atoms with Gasteiger partial charge in [-0.2, -0.15) is 0 Å². The molecule has 1 N–H and O–H groups in total. The van der Waals surface area contributed by atoms with Gasteiger partial charge in [0.25, 0.3) is 11.7 Å². The van der Waals surface area contributed by atoms with Crippen molar-refractivity contribution in [1.29, 1.82) is 0 Å². The van der Waals surface area contributed by atoms with Gasteiger partial charge in [0.15, 0.2) is 0 Å². The van der Waals surface area contributed by atoms with Crippen LogP contribution in [0.5, 0.6) is 11.5 Å². The van der Waals surface area contributed by atoms with Gasteiger partial charge in [-0.05, 0) is 73.7 Å². The van der Waals surface area contributed by atoms with E-state index in [4.69, 9.17) is 9.47 Å². The average molecular weight is 514 g/mol. The predicted octanol–water partition coefficient (Wildman–Crippen LogP) is 6.71. The van der Waals surface area contributed by atoms with Gasteiger partial charge in [0, 0.05) is 5.69 Å². The maximum Gasteiger partial charge on any atom is 0.300 e. The van der Waals surface area contributed by atoms with Crippen LogP contribution in [0, 0.1) is 6.92 Å². The number of aryl methyl sites for hydroxylation is 1. The number of Topliss-reactive ketones (excluding diaryl/α,β-unsaturated/α-hetero) is 1. The first-order valence-electron chi connectivity index (χ1n) is 12.8. The Bertz CT molecular complexity index is 1380. The summed E-state index contributed by atoms with van der Waals surface area (Å²) in [5.41, 5.74) is 3.53. The number of aliphatic hydroxyl groups is 1. The van der Waals surface area contributed by atoms with E-state index in [9.17, 15) is 14.7 Å². The molecule has 0 spiro atoms. The van der Waals surface area contributed by atoms with Gasteiger partial charge < -0.3 is 14.6 Å². The van der Waals surface area contributed by atoms with Crippen LogP contribution in [0.1, 0.15) is 62.9 Å². The fourth-order valence-electron chi connectivity index (χ4n) is 4.69. The highest BCUT2D eigenvalue weighted by molar-refractivity contribution is 6.51. The molecular formula is C32H35NO5.